The van der Waals surface area contributed by atoms with Crippen molar-refractivity contribution in [3.63, 3.8) is 0 Å². The van der Waals surface area contributed by atoms with E-state index in [1.807, 2.05) is 56.3 Å². The number of thiocarbonyl (C=S) groups is 1. The molecule has 0 aliphatic carbocycles. The Balaban J connectivity index is 1.65. The average Bonchev–Trinajstić information content (AvgIpc) is 2.67. The normalized spacial score (nSPS) is 10.2. The van der Waals surface area contributed by atoms with Crippen LogP contribution in [0.4, 0.5) is 11.4 Å². The summed E-state index contributed by atoms with van der Waals surface area (Å²) in [5.74, 6) is 0.293. The predicted octanol–water partition coefficient (Wildman–Crippen LogP) is 5.94. The molecule has 0 fully saturated rings. The van der Waals surface area contributed by atoms with Gasteiger partial charge < -0.3 is 15.4 Å². The molecule has 3 aromatic carbocycles. The molecule has 1 amide bonds. The van der Waals surface area contributed by atoms with Crippen molar-refractivity contribution in [2.24, 2.45) is 0 Å². The van der Waals surface area contributed by atoms with Crippen LogP contribution in [0.5, 0.6) is 5.75 Å². The van der Waals surface area contributed by atoms with Gasteiger partial charge in [-0.1, -0.05) is 12.1 Å². The third-order valence-electron chi connectivity index (χ3n) is 4.16. The molecule has 3 aromatic rings. The van der Waals surface area contributed by atoms with E-state index in [9.17, 15) is 4.79 Å². The maximum Gasteiger partial charge on any atom is 0.266 e. The monoisotopic (exact) mass is 502 g/mol. The molecule has 0 radical (unpaired) electrons. The Morgan fingerprint density at radius 2 is 1.61 bits per heavy atom. The zero-order valence-electron chi connectivity index (χ0n) is 15.5. The molecule has 4 nitrogen and oxygen atoms in total. The highest BCUT2D eigenvalue weighted by molar-refractivity contribution is 14.1. The molecule has 2 N–H and O–H groups in total. The second-order valence-electron chi connectivity index (χ2n) is 6.30. The quantitative estimate of drug-likeness (QED) is 0.343. The number of rotatable bonds is 4. The molecule has 0 unspecified atom stereocenters. The van der Waals surface area contributed by atoms with Gasteiger partial charge in [-0.15, -0.1) is 0 Å². The van der Waals surface area contributed by atoms with Gasteiger partial charge in [-0.2, -0.15) is 0 Å². The van der Waals surface area contributed by atoms with Gasteiger partial charge in [-0.05, 0) is 114 Å². The Bertz CT molecular complexity index is 1020. The average molecular weight is 502 g/mol. The van der Waals surface area contributed by atoms with Crippen LogP contribution in [-0.2, 0) is 0 Å². The van der Waals surface area contributed by atoms with Gasteiger partial charge in [0.25, 0.3) is 11.1 Å². The summed E-state index contributed by atoms with van der Waals surface area (Å²) in [5.41, 5.74) is 4.40. The Hall–Kier alpha value is -2.45. The van der Waals surface area contributed by atoms with Crippen LogP contribution < -0.4 is 15.4 Å². The minimum absolute atomic E-state index is 0.204. The minimum atomic E-state index is -0.204. The lowest BCUT2D eigenvalue weighted by molar-refractivity contribution is 0.102. The molecule has 3 rings (SSSR count). The lowest BCUT2D eigenvalue weighted by Gasteiger charge is -2.11. The van der Waals surface area contributed by atoms with E-state index in [1.165, 1.54) is 5.56 Å². The van der Waals surface area contributed by atoms with E-state index >= 15 is 0 Å². The van der Waals surface area contributed by atoms with Crippen LogP contribution in [0, 0.1) is 17.4 Å². The number of hydrogen-bond acceptors (Lipinski definition) is 3. The summed E-state index contributed by atoms with van der Waals surface area (Å²) in [7, 11) is 0. The van der Waals surface area contributed by atoms with E-state index in [0.717, 1.165) is 20.5 Å². The number of carbonyl (C=O) groups is 1. The van der Waals surface area contributed by atoms with E-state index < -0.39 is 0 Å². The number of nitrogens with one attached hydrogen (secondary N) is 2. The second kappa shape index (κ2) is 9.16. The first-order chi connectivity index (χ1) is 13.4. The lowest BCUT2D eigenvalue weighted by atomic mass is 10.1. The van der Waals surface area contributed by atoms with Gasteiger partial charge in [-0.3, -0.25) is 4.79 Å². The molecule has 28 heavy (non-hydrogen) atoms. The molecule has 0 aliphatic rings. The van der Waals surface area contributed by atoms with E-state index in [-0.39, 0.29) is 11.1 Å². The first-order valence-electron chi connectivity index (χ1n) is 8.64. The lowest BCUT2D eigenvalue weighted by Crippen LogP contribution is -2.17. The van der Waals surface area contributed by atoms with Crippen LogP contribution >= 0.6 is 34.8 Å². The Morgan fingerprint density at radius 3 is 2.32 bits per heavy atom. The van der Waals surface area contributed by atoms with Gasteiger partial charge in [0.05, 0.1) is 0 Å². The molecule has 0 aromatic heterocycles. The highest BCUT2D eigenvalue weighted by atomic mass is 127. The van der Waals surface area contributed by atoms with Crippen molar-refractivity contribution in [2.45, 2.75) is 13.8 Å². The van der Waals surface area contributed by atoms with E-state index in [4.69, 9.17) is 17.0 Å². The van der Waals surface area contributed by atoms with Crippen molar-refractivity contribution in [1.29, 1.82) is 0 Å². The van der Waals surface area contributed by atoms with E-state index in [0.29, 0.717) is 11.3 Å². The summed E-state index contributed by atoms with van der Waals surface area (Å²) in [4.78, 5) is 12.6. The molecular weight excluding hydrogens is 483 g/mol. The van der Waals surface area contributed by atoms with E-state index in [2.05, 4.69) is 33.2 Å². The SMILES string of the molecule is Cc1ccc(NC(=O)c2cccc(OC(=S)Nc3ccc(I)cc3)c2)cc1C. The molecule has 0 atom stereocenters. The second-order valence-corrected chi connectivity index (χ2v) is 7.92. The highest BCUT2D eigenvalue weighted by Crippen LogP contribution is 2.19. The number of hydrogen-bond donors (Lipinski definition) is 2. The van der Waals surface area contributed by atoms with Crippen LogP contribution in [0.2, 0.25) is 0 Å². The molecule has 0 spiro atoms. The third-order valence-corrected chi connectivity index (χ3v) is 5.07. The first-order valence-corrected chi connectivity index (χ1v) is 10.1. The molecule has 0 aliphatic heterocycles. The number of benzene rings is 3. The molecule has 0 saturated carbocycles. The van der Waals surface area contributed by atoms with Crippen molar-refractivity contribution >= 4 is 57.3 Å². The zero-order chi connectivity index (χ0) is 20.1. The molecule has 142 valence electrons. The van der Waals surface area contributed by atoms with Crippen molar-refractivity contribution in [3.8, 4) is 5.75 Å². The number of halogens is 1. The zero-order valence-corrected chi connectivity index (χ0v) is 18.4. The van der Waals surface area contributed by atoms with Crippen LogP contribution in [-0.4, -0.2) is 11.1 Å². The van der Waals surface area contributed by atoms with Crippen molar-refractivity contribution in [3.05, 3.63) is 87.0 Å². The largest absolute Gasteiger partial charge is 0.432 e. The smallest absolute Gasteiger partial charge is 0.266 e. The summed E-state index contributed by atoms with van der Waals surface area (Å²) in [6, 6.07) is 20.5. The van der Waals surface area contributed by atoms with Gasteiger partial charge in [0.15, 0.2) is 0 Å². The number of ether oxygens (including phenoxy) is 1. The summed E-state index contributed by atoms with van der Waals surface area (Å²) < 4.78 is 6.80. The minimum Gasteiger partial charge on any atom is -0.432 e. The number of carbonyl (C=O) groups excluding carboxylic acids is 1. The van der Waals surface area contributed by atoms with Crippen LogP contribution in [0.25, 0.3) is 0 Å². The van der Waals surface area contributed by atoms with Gasteiger partial charge in [0.1, 0.15) is 5.75 Å². The van der Waals surface area contributed by atoms with E-state index in [1.54, 1.807) is 24.3 Å². The maximum atomic E-state index is 12.6. The van der Waals surface area contributed by atoms with Crippen LogP contribution in [0.3, 0.4) is 0 Å². The Morgan fingerprint density at radius 1 is 0.893 bits per heavy atom. The van der Waals surface area contributed by atoms with Crippen LogP contribution in [0.15, 0.2) is 66.7 Å². The first kappa shape index (κ1) is 20.3. The number of aryl methyl sites for hydroxylation is 2. The standard InChI is InChI=1S/C22H19IN2O2S/c1-14-6-9-19(12-15(14)2)24-21(26)16-4-3-5-20(13-16)27-22(28)25-18-10-7-17(23)8-11-18/h3-13H,1-2H3,(H,24,26)(H,25,28). The molecular formula is C22H19IN2O2S. The molecule has 0 heterocycles. The fourth-order valence-corrected chi connectivity index (χ4v) is 3.08. The topological polar surface area (TPSA) is 50.4 Å². The summed E-state index contributed by atoms with van der Waals surface area (Å²) in [6.45, 7) is 4.05. The van der Waals surface area contributed by atoms with Crippen molar-refractivity contribution < 1.29 is 9.53 Å². The van der Waals surface area contributed by atoms with Gasteiger partial charge in [-0.25, -0.2) is 0 Å². The fraction of sp³-hybridized carbons (Fsp3) is 0.0909. The number of anilines is 2. The maximum absolute atomic E-state index is 12.6. The predicted molar refractivity (Wildman–Crippen MR) is 126 cm³/mol. The Labute approximate surface area is 183 Å². The molecule has 0 saturated heterocycles. The van der Waals surface area contributed by atoms with Crippen molar-refractivity contribution in [2.75, 3.05) is 10.6 Å². The van der Waals surface area contributed by atoms with Gasteiger partial charge in [0, 0.05) is 20.5 Å². The number of amides is 1. The van der Waals surface area contributed by atoms with Gasteiger partial charge in [0.2, 0.25) is 0 Å². The molecule has 6 heteroatoms. The summed E-state index contributed by atoms with van der Waals surface area (Å²) >= 11 is 7.50. The van der Waals surface area contributed by atoms with Crippen molar-refractivity contribution in [1.82, 2.24) is 0 Å². The fourth-order valence-electron chi connectivity index (χ4n) is 2.51. The summed E-state index contributed by atoms with van der Waals surface area (Å²) in [5, 5.41) is 6.15. The van der Waals surface area contributed by atoms with Crippen LogP contribution in [0.1, 0.15) is 21.5 Å². The highest BCUT2D eigenvalue weighted by Gasteiger charge is 2.09. The van der Waals surface area contributed by atoms with Gasteiger partial charge >= 0.3 is 0 Å². The Kier molecular flexibility index (Phi) is 6.64. The third kappa shape index (κ3) is 5.53. The molecule has 0 bridgehead atoms. The summed E-state index contributed by atoms with van der Waals surface area (Å²) in [6.07, 6.45) is 0.